The van der Waals surface area contributed by atoms with Crippen LogP contribution in [-0.4, -0.2) is 31.7 Å². The Bertz CT molecular complexity index is 729. The van der Waals surface area contributed by atoms with Crippen molar-refractivity contribution in [2.24, 2.45) is 5.14 Å². The zero-order chi connectivity index (χ0) is 13.3. The molecule has 0 fully saturated rings. The van der Waals surface area contributed by atoms with Crippen molar-refractivity contribution in [3.05, 3.63) is 28.7 Å². The van der Waals surface area contributed by atoms with E-state index in [1.54, 1.807) is 13.2 Å². The lowest BCUT2D eigenvalue weighted by molar-refractivity contribution is 0.187. The van der Waals surface area contributed by atoms with E-state index < -0.39 is 10.0 Å². The topological polar surface area (TPSA) is 107 Å². The fourth-order valence-corrected chi connectivity index (χ4v) is 2.26. The molecule has 1 aromatic carbocycles. The Morgan fingerprint density at radius 2 is 2.17 bits per heavy atom. The first-order valence-corrected chi connectivity index (χ1v) is 6.72. The second-order valence-electron chi connectivity index (χ2n) is 3.80. The standard InChI is InChI=1S/C10H13N3O4S/c1-17-5-4-13-9-3-2-7(18(11,15)16)6-8(9)12-10(13)14/h2-3,6H,4-5H2,1H3,(H,12,14)(H2,11,15,16). The zero-order valence-electron chi connectivity index (χ0n) is 9.71. The second kappa shape index (κ2) is 4.56. The maximum atomic E-state index is 11.7. The highest BCUT2D eigenvalue weighted by Crippen LogP contribution is 2.15. The van der Waals surface area contributed by atoms with Gasteiger partial charge in [0.15, 0.2) is 0 Å². The average molecular weight is 271 g/mol. The van der Waals surface area contributed by atoms with E-state index >= 15 is 0 Å². The quantitative estimate of drug-likeness (QED) is 0.790. The first kappa shape index (κ1) is 12.8. The molecular formula is C10H13N3O4S. The predicted octanol–water partition coefficient (Wildman–Crippen LogP) is -0.377. The molecule has 0 saturated heterocycles. The van der Waals surface area contributed by atoms with E-state index in [9.17, 15) is 13.2 Å². The number of ether oxygens (including phenoxy) is 1. The third-order valence-electron chi connectivity index (χ3n) is 2.59. The van der Waals surface area contributed by atoms with Gasteiger partial charge in [-0.3, -0.25) is 4.57 Å². The van der Waals surface area contributed by atoms with Gasteiger partial charge in [0.05, 0.1) is 29.1 Å². The third kappa shape index (κ3) is 2.30. The van der Waals surface area contributed by atoms with E-state index in [2.05, 4.69) is 4.98 Å². The van der Waals surface area contributed by atoms with Gasteiger partial charge >= 0.3 is 5.69 Å². The molecule has 0 bridgehead atoms. The van der Waals surface area contributed by atoms with Crippen molar-refractivity contribution in [2.75, 3.05) is 13.7 Å². The van der Waals surface area contributed by atoms with Gasteiger partial charge in [0.1, 0.15) is 0 Å². The first-order valence-electron chi connectivity index (χ1n) is 5.18. The number of aromatic nitrogens is 2. The summed E-state index contributed by atoms with van der Waals surface area (Å²) < 4.78 is 28.8. The summed E-state index contributed by atoms with van der Waals surface area (Å²) in [7, 11) is -2.23. The van der Waals surface area contributed by atoms with Crippen LogP contribution in [-0.2, 0) is 21.3 Å². The Balaban J connectivity index is 2.58. The molecule has 0 aliphatic heterocycles. The fraction of sp³-hybridized carbons (Fsp3) is 0.300. The molecule has 7 nitrogen and oxygen atoms in total. The summed E-state index contributed by atoms with van der Waals surface area (Å²) in [6.45, 7) is 0.786. The molecule has 2 rings (SSSR count). The summed E-state index contributed by atoms with van der Waals surface area (Å²) >= 11 is 0. The van der Waals surface area contributed by atoms with Crippen LogP contribution in [0.4, 0.5) is 0 Å². The number of imidazole rings is 1. The van der Waals surface area contributed by atoms with Gasteiger partial charge in [-0.25, -0.2) is 18.4 Å². The number of benzene rings is 1. The number of hydrogen-bond donors (Lipinski definition) is 2. The molecule has 0 unspecified atom stereocenters. The number of aromatic amines is 1. The first-order chi connectivity index (χ1) is 8.43. The highest BCUT2D eigenvalue weighted by Gasteiger charge is 2.12. The molecule has 0 atom stereocenters. The molecule has 3 N–H and O–H groups in total. The molecule has 0 saturated carbocycles. The van der Waals surface area contributed by atoms with Crippen LogP contribution in [0.5, 0.6) is 0 Å². The average Bonchev–Trinajstić information content (AvgIpc) is 2.60. The second-order valence-corrected chi connectivity index (χ2v) is 5.36. The SMILES string of the molecule is COCCn1c(=O)[nH]c2cc(S(N)(=O)=O)ccc21. The minimum absolute atomic E-state index is 0.0323. The number of fused-ring (bicyclic) bond motifs is 1. The molecule has 0 aliphatic carbocycles. The van der Waals surface area contributed by atoms with Crippen LogP contribution >= 0.6 is 0 Å². The van der Waals surface area contributed by atoms with E-state index in [4.69, 9.17) is 9.88 Å². The summed E-state index contributed by atoms with van der Waals surface area (Å²) in [6, 6.07) is 4.26. The molecule has 18 heavy (non-hydrogen) atoms. The van der Waals surface area contributed by atoms with Gasteiger partial charge in [0.2, 0.25) is 10.0 Å². The summed E-state index contributed by atoms with van der Waals surface area (Å²) in [5, 5.41) is 5.03. The number of sulfonamides is 1. The normalized spacial score (nSPS) is 12.1. The van der Waals surface area contributed by atoms with E-state index in [1.807, 2.05) is 0 Å². The Morgan fingerprint density at radius 1 is 1.44 bits per heavy atom. The van der Waals surface area contributed by atoms with Crippen molar-refractivity contribution in [1.29, 1.82) is 0 Å². The molecule has 8 heteroatoms. The monoisotopic (exact) mass is 271 g/mol. The van der Waals surface area contributed by atoms with Gasteiger partial charge in [-0.2, -0.15) is 0 Å². The molecular weight excluding hydrogens is 258 g/mol. The van der Waals surface area contributed by atoms with Crippen LogP contribution in [0.25, 0.3) is 11.0 Å². The molecule has 1 aromatic heterocycles. The van der Waals surface area contributed by atoms with Gasteiger partial charge in [0.25, 0.3) is 0 Å². The number of hydrogen-bond acceptors (Lipinski definition) is 4. The largest absolute Gasteiger partial charge is 0.383 e. The number of primary sulfonamides is 1. The van der Waals surface area contributed by atoms with Gasteiger partial charge < -0.3 is 9.72 Å². The van der Waals surface area contributed by atoms with Crippen LogP contribution in [0.15, 0.2) is 27.9 Å². The van der Waals surface area contributed by atoms with E-state index in [0.717, 1.165) is 0 Å². The Morgan fingerprint density at radius 3 is 2.78 bits per heavy atom. The van der Waals surface area contributed by atoms with E-state index in [1.165, 1.54) is 16.7 Å². The van der Waals surface area contributed by atoms with Gasteiger partial charge in [-0.15, -0.1) is 0 Å². The lowest BCUT2D eigenvalue weighted by Gasteiger charge is -2.02. The summed E-state index contributed by atoms with van der Waals surface area (Å²) in [5.74, 6) is 0. The number of methoxy groups -OCH3 is 1. The highest BCUT2D eigenvalue weighted by atomic mass is 32.2. The maximum absolute atomic E-state index is 11.7. The summed E-state index contributed by atoms with van der Waals surface area (Å²) in [4.78, 5) is 14.2. The number of rotatable bonds is 4. The number of nitrogens with two attached hydrogens (primary N) is 1. The Kier molecular flexibility index (Phi) is 3.24. The maximum Gasteiger partial charge on any atom is 0.326 e. The highest BCUT2D eigenvalue weighted by molar-refractivity contribution is 7.89. The molecule has 98 valence electrons. The molecule has 2 aromatic rings. The van der Waals surface area contributed by atoms with Gasteiger partial charge in [0, 0.05) is 7.11 Å². The fourth-order valence-electron chi connectivity index (χ4n) is 1.72. The van der Waals surface area contributed by atoms with Crippen molar-refractivity contribution in [1.82, 2.24) is 9.55 Å². The molecule has 0 spiro atoms. The number of nitrogens with zero attached hydrogens (tertiary/aromatic N) is 1. The lowest BCUT2D eigenvalue weighted by Crippen LogP contribution is -2.19. The van der Waals surface area contributed by atoms with Crippen molar-refractivity contribution in [3.63, 3.8) is 0 Å². The molecule has 0 radical (unpaired) electrons. The van der Waals surface area contributed by atoms with Crippen LogP contribution in [0.1, 0.15) is 0 Å². The van der Waals surface area contributed by atoms with E-state index in [-0.39, 0.29) is 10.6 Å². The van der Waals surface area contributed by atoms with Crippen LogP contribution in [0, 0.1) is 0 Å². The molecule has 0 aliphatic rings. The zero-order valence-corrected chi connectivity index (χ0v) is 10.5. The molecule has 1 heterocycles. The van der Waals surface area contributed by atoms with Crippen LogP contribution < -0.4 is 10.8 Å². The minimum Gasteiger partial charge on any atom is -0.383 e. The van der Waals surface area contributed by atoms with Crippen LogP contribution in [0.3, 0.4) is 0 Å². The number of nitrogens with one attached hydrogen (secondary N) is 1. The van der Waals surface area contributed by atoms with Crippen LogP contribution in [0.2, 0.25) is 0 Å². The lowest BCUT2D eigenvalue weighted by atomic mass is 10.3. The van der Waals surface area contributed by atoms with E-state index in [0.29, 0.717) is 24.2 Å². The van der Waals surface area contributed by atoms with Crippen molar-refractivity contribution >= 4 is 21.1 Å². The smallest absolute Gasteiger partial charge is 0.326 e. The summed E-state index contributed by atoms with van der Waals surface area (Å²) in [5.41, 5.74) is 0.737. The van der Waals surface area contributed by atoms with Gasteiger partial charge in [-0.1, -0.05) is 0 Å². The van der Waals surface area contributed by atoms with Crippen molar-refractivity contribution < 1.29 is 13.2 Å². The van der Waals surface area contributed by atoms with Crippen molar-refractivity contribution in [2.45, 2.75) is 11.4 Å². The molecule has 0 amide bonds. The summed E-state index contributed by atoms with van der Waals surface area (Å²) in [6.07, 6.45) is 0. The predicted molar refractivity (Wildman–Crippen MR) is 65.8 cm³/mol. The minimum atomic E-state index is -3.77. The third-order valence-corrected chi connectivity index (χ3v) is 3.50. The van der Waals surface area contributed by atoms with Gasteiger partial charge in [-0.05, 0) is 18.2 Å². The Labute approximate surface area is 103 Å². The number of H-pyrrole nitrogens is 1. The Hall–Kier alpha value is -1.64. The van der Waals surface area contributed by atoms with Crippen molar-refractivity contribution in [3.8, 4) is 0 Å².